The van der Waals surface area contributed by atoms with Crippen molar-refractivity contribution in [2.24, 2.45) is 0 Å². The summed E-state index contributed by atoms with van der Waals surface area (Å²) in [5.74, 6) is -1.64. The van der Waals surface area contributed by atoms with Gasteiger partial charge in [0.05, 0.1) is 0 Å². The Balaban J connectivity index is 2.74. The number of hydrogen-bond acceptors (Lipinski definition) is 1. The van der Waals surface area contributed by atoms with E-state index in [0.717, 1.165) is 12.1 Å². The van der Waals surface area contributed by atoms with E-state index in [2.05, 4.69) is 0 Å². The molecular formula is C9H4F4S. The highest BCUT2D eigenvalue weighted by molar-refractivity contribution is 7.19. The number of halogens is 4. The molecule has 74 valence electrons. The Morgan fingerprint density at radius 3 is 2.50 bits per heavy atom. The average Bonchev–Trinajstić information content (AvgIpc) is 2.44. The first-order chi connectivity index (χ1) is 6.59. The number of thiophene rings is 1. The number of fused-ring (bicyclic) bond motifs is 1. The molecule has 2 rings (SSSR count). The second kappa shape index (κ2) is 3.24. The Morgan fingerprint density at radius 2 is 1.86 bits per heavy atom. The highest BCUT2D eigenvalue weighted by atomic mass is 32.1. The second-order valence-corrected chi connectivity index (χ2v) is 3.81. The molecule has 0 fully saturated rings. The Morgan fingerprint density at radius 1 is 1.14 bits per heavy atom. The zero-order chi connectivity index (χ0) is 10.3. The quantitative estimate of drug-likeness (QED) is 0.634. The third kappa shape index (κ3) is 1.37. The van der Waals surface area contributed by atoms with Gasteiger partial charge in [0.15, 0.2) is 5.82 Å². The van der Waals surface area contributed by atoms with Gasteiger partial charge in [0, 0.05) is 10.1 Å². The molecule has 2 aromatic rings. The Hall–Kier alpha value is -1.10. The lowest BCUT2D eigenvalue weighted by atomic mass is 10.2. The summed E-state index contributed by atoms with van der Waals surface area (Å²) in [6, 6.07) is 3.34. The topological polar surface area (TPSA) is 0 Å². The predicted molar refractivity (Wildman–Crippen MR) is 46.7 cm³/mol. The van der Waals surface area contributed by atoms with Gasteiger partial charge in [-0.05, 0) is 18.2 Å². The summed E-state index contributed by atoms with van der Waals surface area (Å²) in [4.78, 5) is -0.634. The molecule has 0 aliphatic heterocycles. The zero-order valence-electron chi connectivity index (χ0n) is 6.73. The van der Waals surface area contributed by atoms with Crippen molar-refractivity contribution in [3.63, 3.8) is 0 Å². The van der Waals surface area contributed by atoms with Crippen LogP contribution in [0.3, 0.4) is 0 Å². The molecule has 0 saturated heterocycles. The molecule has 0 bridgehead atoms. The summed E-state index contributed by atoms with van der Waals surface area (Å²) < 4.78 is 50.7. The first kappa shape index (κ1) is 9.45. The van der Waals surface area contributed by atoms with Crippen molar-refractivity contribution < 1.29 is 17.6 Å². The van der Waals surface area contributed by atoms with Gasteiger partial charge in [-0.1, -0.05) is 0 Å². The summed E-state index contributed by atoms with van der Waals surface area (Å²) in [5.41, 5.74) is 0. The van der Waals surface area contributed by atoms with Crippen LogP contribution in [0, 0.1) is 11.6 Å². The van der Waals surface area contributed by atoms with Crippen molar-refractivity contribution in [2.75, 3.05) is 0 Å². The van der Waals surface area contributed by atoms with Gasteiger partial charge in [0.2, 0.25) is 0 Å². The molecular weight excluding hydrogens is 216 g/mol. The van der Waals surface area contributed by atoms with Crippen LogP contribution in [0.1, 0.15) is 11.3 Å². The van der Waals surface area contributed by atoms with Gasteiger partial charge < -0.3 is 0 Å². The SMILES string of the molecule is Fc1ccc2sc(C(F)F)c(F)c2c1. The van der Waals surface area contributed by atoms with E-state index in [1.807, 2.05) is 0 Å². The average molecular weight is 220 g/mol. The van der Waals surface area contributed by atoms with Gasteiger partial charge in [-0.25, -0.2) is 17.6 Å². The lowest BCUT2D eigenvalue weighted by Gasteiger charge is -1.91. The fourth-order valence-corrected chi connectivity index (χ4v) is 2.12. The molecule has 0 radical (unpaired) electrons. The fourth-order valence-electron chi connectivity index (χ4n) is 1.20. The maximum atomic E-state index is 13.2. The molecule has 0 nitrogen and oxygen atoms in total. The minimum Gasteiger partial charge on any atom is -0.207 e. The summed E-state index contributed by atoms with van der Waals surface area (Å²) in [5, 5.41) is -0.0784. The lowest BCUT2D eigenvalue weighted by molar-refractivity contribution is 0.151. The van der Waals surface area contributed by atoms with E-state index in [1.54, 1.807) is 0 Å². The summed E-state index contributed by atoms with van der Waals surface area (Å²) in [6.07, 6.45) is -2.85. The highest BCUT2D eigenvalue weighted by Gasteiger charge is 2.19. The van der Waals surface area contributed by atoms with Gasteiger partial charge in [0.25, 0.3) is 6.43 Å². The molecule has 0 aliphatic rings. The monoisotopic (exact) mass is 220 g/mol. The smallest absolute Gasteiger partial charge is 0.207 e. The Bertz CT molecular complexity index is 475. The maximum absolute atomic E-state index is 13.2. The molecule has 0 saturated carbocycles. The molecule has 1 aromatic carbocycles. The van der Waals surface area contributed by atoms with Crippen molar-refractivity contribution in [1.82, 2.24) is 0 Å². The standard InChI is InChI=1S/C9H4F4S/c10-4-1-2-6-5(3-4)7(11)8(14-6)9(12)13/h1-3,9H. The van der Waals surface area contributed by atoms with Gasteiger partial charge in [0.1, 0.15) is 10.7 Å². The summed E-state index contributed by atoms with van der Waals surface area (Å²) >= 11 is 0.649. The van der Waals surface area contributed by atoms with Crippen LogP contribution in [0.15, 0.2) is 18.2 Å². The van der Waals surface area contributed by atoms with Gasteiger partial charge in [-0.2, -0.15) is 0 Å². The molecule has 1 aromatic heterocycles. The van der Waals surface area contributed by atoms with Crippen molar-refractivity contribution >= 4 is 21.4 Å². The molecule has 1 heterocycles. The molecule has 0 N–H and O–H groups in total. The molecule has 5 heteroatoms. The number of benzene rings is 1. The maximum Gasteiger partial charge on any atom is 0.275 e. The summed E-state index contributed by atoms with van der Waals surface area (Å²) in [7, 11) is 0. The van der Waals surface area contributed by atoms with E-state index in [0.29, 0.717) is 16.0 Å². The molecule has 0 aliphatic carbocycles. The summed E-state index contributed by atoms with van der Waals surface area (Å²) in [6.45, 7) is 0. The van der Waals surface area contributed by atoms with Crippen LogP contribution < -0.4 is 0 Å². The van der Waals surface area contributed by atoms with Crippen molar-refractivity contribution in [1.29, 1.82) is 0 Å². The minimum absolute atomic E-state index is 0.0784. The Labute approximate surface area is 80.8 Å². The molecule has 14 heavy (non-hydrogen) atoms. The van der Waals surface area contributed by atoms with Crippen LogP contribution in [-0.4, -0.2) is 0 Å². The van der Waals surface area contributed by atoms with E-state index in [-0.39, 0.29) is 5.39 Å². The first-order valence-electron chi connectivity index (χ1n) is 3.75. The number of alkyl halides is 2. The lowest BCUT2D eigenvalue weighted by Crippen LogP contribution is -1.82. The van der Waals surface area contributed by atoms with E-state index < -0.39 is 22.9 Å². The van der Waals surface area contributed by atoms with E-state index in [1.165, 1.54) is 6.07 Å². The van der Waals surface area contributed by atoms with Crippen LogP contribution in [0.2, 0.25) is 0 Å². The molecule has 0 atom stereocenters. The van der Waals surface area contributed by atoms with Crippen molar-refractivity contribution in [3.05, 3.63) is 34.7 Å². The van der Waals surface area contributed by atoms with Crippen LogP contribution in [0.4, 0.5) is 17.6 Å². The van der Waals surface area contributed by atoms with Gasteiger partial charge in [-0.3, -0.25) is 0 Å². The van der Waals surface area contributed by atoms with Crippen molar-refractivity contribution in [2.45, 2.75) is 6.43 Å². The third-order valence-electron chi connectivity index (χ3n) is 1.81. The number of hydrogen-bond donors (Lipinski definition) is 0. The Kier molecular flexibility index (Phi) is 2.19. The van der Waals surface area contributed by atoms with Crippen LogP contribution in [0.25, 0.3) is 10.1 Å². The molecule has 0 unspecified atom stereocenters. The molecule has 0 spiro atoms. The van der Waals surface area contributed by atoms with Crippen molar-refractivity contribution in [3.8, 4) is 0 Å². The predicted octanol–water partition coefficient (Wildman–Crippen LogP) is 4.12. The fraction of sp³-hybridized carbons (Fsp3) is 0.111. The van der Waals surface area contributed by atoms with Gasteiger partial charge >= 0.3 is 0 Å². The van der Waals surface area contributed by atoms with Crippen LogP contribution in [0.5, 0.6) is 0 Å². The van der Waals surface area contributed by atoms with Gasteiger partial charge in [-0.15, -0.1) is 11.3 Å². The minimum atomic E-state index is -2.85. The zero-order valence-corrected chi connectivity index (χ0v) is 7.55. The molecule has 0 amide bonds. The third-order valence-corrected chi connectivity index (χ3v) is 2.97. The van der Waals surface area contributed by atoms with Crippen LogP contribution in [-0.2, 0) is 0 Å². The first-order valence-corrected chi connectivity index (χ1v) is 4.57. The largest absolute Gasteiger partial charge is 0.275 e. The normalized spacial score (nSPS) is 11.5. The number of rotatable bonds is 1. The highest BCUT2D eigenvalue weighted by Crippen LogP contribution is 2.36. The van der Waals surface area contributed by atoms with E-state index in [9.17, 15) is 17.6 Å². The van der Waals surface area contributed by atoms with E-state index >= 15 is 0 Å². The van der Waals surface area contributed by atoms with Crippen LogP contribution >= 0.6 is 11.3 Å². The second-order valence-electron chi connectivity index (χ2n) is 2.72. The van der Waals surface area contributed by atoms with E-state index in [4.69, 9.17) is 0 Å².